The lowest BCUT2D eigenvalue weighted by molar-refractivity contribution is 0.101. The number of rotatable bonds is 7. The van der Waals surface area contributed by atoms with Crippen LogP contribution in [0.4, 0.5) is 14.5 Å². The molecule has 4 rings (SSSR count). The maximum Gasteiger partial charge on any atom is 0.278 e. The third kappa shape index (κ3) is 4.95. The number of hydrogen-bond donors (Lipinski definition) is 1. The van der Waals surface area contributed by atoms with Gasteiger partial charge in [-0.1, -0.05) is 23.4 Å². The molecule has 0 spiro atoms. The first-order chi connectivity index (χ1) is 15.0. The summed E-state index contributed by atoms with van der Waals surface area (Å²) in [6.07, 6.45) is 3.10. The average molecular weight is 424 g/mol. The molecule has 0 saturated carbocycles. The second-order valence-electron chi connectivity index (χ2n) is 6.82. The van der Waals surface area contributed by atoms with E-state index in [9.17, 15) is 13.6 Å². The fourth-order valence-electron chi connectivity index (χ4n) is 2.98. The number of ether oxygens (including phenoxy) is 1. The summed E-state index contributed by atoms with van der Waals surface area (Å²) in [6.45, 7) is 1.99. The lowest BCUT2D eigenvalue weighted by atomic mass is 10.2. The van der Waals surface area contributed by atoms with Crippen LogP contribution in [0, 0.1) is 18.6 Å². The minimum atomic E-state index is -0.500. The summed E-state index contributed by atoms with van der Waals surface area (Å²) in [5, 5.41) is 10.7. The molecular formula is C22H18F2N4O3. The van der Waals surface area contributed by atoms with Crippen LogP contribution in [-0.2, 0) is 13.2 Å². The number of hydrogen-bond acceptors (Lipinski definition) is 5. The summed E-state index contributed by atoms with van der Waals surface area (Å²) < 4.78 is 38.9. The molecule has 2 heterocycles. The van der Waals surface area contributed by atoms with Crippen molar-refractivity contribution in [3.05, 3.63) is 95.1 Å². The fraction of sp³-hybridized carbons (Fsp3) is 0.136. The zero-order valence-electron chi connectivity index (χ0n) is 16.5. The van der Waals surface area contributed by atoms with Crippen molar-refractivity contribution < 1.29 is 22.8 Å². The second kappa shape index (κ2) is 8.78. The van der Waals surface area contributed by atoms with Gasteiger partial charge in [-0.15, -0.1) is 0 Å². The van der Waals surface area contributed by atoms with Gasteiger partial charge in [0.05, 0.1) is 24.0 Å². The maximum absolute atomic E-state index is 13.3. The van der Waals surface area contributed by atoms with Crippen LogP contribution in [0.5, 0.6) is 5.75 Å². The smallest absolute Gasteiger partial charge is 0.278 e. The minimum Gasteiger partial charge on any atom is -0.489 e. The zero-order valence-corrected chi connectivity index (χ0v) is 16.5. The van der Waals surface area contributed by atoms with Gasteiger partial charge in [0.15, 0.2) is 5.69 Å². The number of benzene rings is 2. The summed E-state index contributed by atoms with van der Waals surface area (Å²) in [5.41, 5.74) is 1.70. The minimum absolute atomic E-state index is 0.0135. The van der Waals surface area contributed by atoms with Crippen LogP contribution in [0.3, 0.4) is 0 Å². The third-order valence-electron chi connectivity index (χ3n) is 4.50. The van der Waals surface area contributed by atoms with Crippen LogP contribution in [0.2, 0.25) is 0 Å². The Morgan fingerprint density at radius 2 is 1.94 bits per heavy atom. The normalized spacial score (nSPS) is 10.8. The highest BCUT2D eigenvalue weighted by molar-refractivity contribution is 6.03. The van der Waals surface area contributed by atoms with Crippen molar-refractivity contribution in [2.24, 2.45) is 0 Å². The molecule has 1 amide bonds. The molecule has 2 aromatic heterocycles. The Labute approximate surface area is 176 Å². The van der Waals surface area contributed by atoms with Gasteiger partial charge < -0.3 is 14.6 Å². The molecule has 0 aliphatic rings. The summed E-state index contributed by atoms with van der Waals surface area (Å²) in [6, 6.07) is 11.9. The molecule has 0 radical (unpaired) electrons. The predicted octanol–water partition coefficient (Wildman–Crippen LogP) is 4.34. The average Bonchev–Trinajstić information content (AvgIpc) is 3.32. The number of carbonyl (C=O) groups excluding carboxylic acids is 1. The van der Waals surface area contributed by atoms with Gasteiger partial charge in [0, 0.05) is 12.3 Å². The highest BCUT2D eigenvalue weighted by Crippen LogP contribution is 2.20. The number of aryl methyl sites for hydroxylation is 1. The van der Waals surface area contributed by atoms with Gasteiger partial charge in [-0.2, -0.15) is 5.10 Å². The van der Waals surface area contributed by atoms with Gasteiger partial charge in [0.1, 0.15) is 29.8 Å². The molecule has 7 nitrogen and oxygen atoms in total. The molecule has 158 valence electrons. The summed E-state index contributed by atoms with van der Waals surface area (Å²) in [7, 11) is 0. The highest BCUT2D eigenvalue weighted by Gasteiger charge is 2.21. The van der Waals surface area contributed by atoms with E-state index in [1.54, 1.807) is 36.0 Å². The fourth-order valence-corrected chi connectivity index (χ4v) is 2.98. The van der Waals surface area contributed by atoms with Gasteiger partial charge in [0.25, 0.3) is 5.91 Å². The molecule has 0 aliphatic carbocycles. The number of nitrogens with one attached hydrogen (secondary N) is 1. The molecule has 0 unspecified atom stereocenters. The Balaban J connectivity index is 1.43. The first kappa shape index (κ1) is 20.3. The maximum atomic E-state index is 13.3. The molecule has 31 heavy (non-hydrogen) atoms. The van der Waals surface area contributed by atoms with E-state index in [4.69, 9.17) is 9.26 Å². The third-order valence-corrected chi connectivity index (χ3v) is 4.50. The van der Waals surface area contributed by atoms with Crippen LogP contribution in [0.25, 0.3) is 0 Å². The Morgan fingerprint density at radius 1 is 1.16 bits per heavy atom. The van der Waals surface area contributed by atoms with E-state index in [0.717, 1.165) is 5.56 Å². The zero-order chi connectivity index (χ0) is 21.8. The number of carbonyl (C=O) groups is 1. The van der Waals surface area contributed by atoms with Crippen LogP contribution >= 0.6 is 0 Å². The van der Waals surface area contributed by atoms with Crippen molar-refractivity contribution in [2.75, 3.05) is 5.32 Å². The van der Waals surface area contributed by atoms with Gasteiger partial charge in [-0.3, -0.25) is 9.48 Å². The topological polar surface area (TPSA) is 82.2 Å². The second-order valence-corrected chi connectivity index (χ2v) is 6.82. The van der Waals surface area contributed by atoms with Gasteiger partial charge in [0.2, 0.25) is 0 Å². The van der Waals surface area contributed by atoms with Crippen molar-refractivity contribution in [2.45, 2.75) is 20.1 Å². The van der Waals surface area contributed by atoms with Crippen molar-refractivity contribution >= 4 is 11.6 Å². The van der Waals surface area contributed by atoms with E-state index >= 15 is 0 Å². The quantitative estimate of drug-likeness (QED) is 0.477. The van der Waals surface area contributed by atoms with E-state index in [0.29, 0.717) is 29.3 Å². The van der Waals surface area contributed by atoms with Crippen LogP contribution < -0.4 is 10.1 Å². The van der Waals surface area contributed by atoms with Gasteiger partial charge >= 0.3 is 0 Å². The lowest BCUT2D eigenvalue weighted by Crippen LogP contribution is -2.15. The molecular weight excluding hydrogens is 406 g/mol. The number of nitrogens with zero attached hydrogens (tertiary/aromatic N) is 3. The standard InChI is InChI=1S/C22H18F2N4O3/c1-14-20(13-30-19-7-3-6-17(24)9-19)21(27-31-14)22(29)26-18-10-25-28(12-18)11-15-4-2-5-16(23)8-15/h2-10,12H,11,13H2,1H3,(H,26,29). The van der Waals surface area contributed by atoms with Crippen molar-refractivity contribution in [1.29, 1.82) is 0 Å². The molecule has 4 aromatic rings. The Bertz CT molecular complexity index is 1220. The van der Waals surface area contributed by atoms with Gasteiger partial charge in [-0.25, -0.2) is 8.78 Å². The highest BCUT2D eigenvalue weighted by atomic mass is 19.1. The number of amides is 1. The molecule has 2 aromatic carbocycles. The first-order valence-corrected chi connectivity index (χ1v) is 9.40. The largest absolute Gasteiger partial charge is 0.489 e. The van der Waals surface area contributed by atoms with E-state index in [1.807, 2.05) is 0 Å². The van der Waals surface area contributed by atoms with E-state index in [-0.39, 0.29) is 18.1 Å². The van der Waals surface area contributed by atoms with Crippen LogP contribution in [0.15, 0.2) is 65.4 Å². The number of halogens is 2. The predicted molar refractivity (Wildman–Crippen MR) is 108 cm³/mol. The van der Waals surface area contributed by atoms with Crippen LogP contribution in [-0.4, -0.2) is 20.8 Å². The Morgan fingerprint density at radius 3 is 2.71 bits per heavy atom. The Hall–Kier alpha value is -4.01. The molecule has 0 saturated heterocycles. The molecule has 0 atom stereocenters. The lowest BCUT2D eigenvalue weighted by Gasteiger charge is -2.07. The number of aromatic nitrogens is 3. The molecule has 0 aliphatic heterocycles. The van der Waals surface area contributed by atoms with Crippen molar-refractivity contribution in [3.8, 4) is 5.75 Å². The molecule has 1 N–H and O–H groups in total. The monoisotopic (exact) mass is 424 g/mol. The van der Waals surface area contributed by atoms with E-state index < -0.39 is 11.7 Å². The number of anilines is 1. The molecule has 0 bridgehead atoms. The van der Waals surface area contributed by atoms with Crippen molar-refractivity contribution in [3.63, 3.8) is 0 Å². The van der Waals surface area contributed by atoms with Gasteiger partial charge in [-0.05, 0) is 36.8 Å². The SMILES string of the molecule is Cc1onc(C(=O)Nc2cnn(Cc3cccc(F)c3)c2)c1COc1cccc(F)c1. The first-order valence-electron chi connectivity index (χ1n) is 9.40. The van der Waals surface area contributed by atoms with Crippen LogP contribution in [0.1, 0.15) is 27.4 Å². The molecule has 0 fully saturated rings. The summed E-state index contributed by atoms with van der Waals surface area (Å²) >= 11 is 0. The molecule has 9 heteroatoms. The van der Waals surface area contributed by atoms with Crippen molar-refractivity contribution in [1.82, 2.24) is 14.9 Å². The Kier molecular flexibility index (Phi) is 5.74. The summed E-state index contributed by atoms with van der Waals surface area (Å²) in [5.74, 6) is -0.505. The van der Waals surface area contributed by atoms with E-state index in [2.05, 4.69) is 15.6 Å². The summed E-state index contributed by atoms with van der Waals surface area (Å²) in [4.78, 5) is 12.7. The van der Waals surface area contributed by atoms with E-state index in [1.165, 1.54) is 36.5 Å².